The summed E-state index contributed by atoms with van der Waals surface area (Å²) in [7, 11) is 1.64. The number of ether oxygens (including phenoxy) is 2. The highest BCUT2D eigenvalue weighted by molar-refractivity contribution is 6.49. The number of piperidine rings is 1. The van der Waals surface area contributed by atoms with E-state index in [2.05, 4.69) is 10.2 Å². The van der Waals surface area contributed by atoms with Crippen molar-refractivity contribution in [1.82, 2.24) is 19.8 Å². The summed E-state index contributed by atoms with van der Waals surface area (Å²) in [6.45, 7) is 7.93. The highest BCUT2D eigenvalue weighted by Gasteiger charge is 2.29. The molecule has 0 bridgehead atoms. The van der Waals surface area contributed by atoms with E-state index in [1.807, 2.05) is 36.1 Å². The van der Waals surface area contributed by atoms with Crippen LogP contribution < -0.4 is 10.1 Å². The molecular weight excluding hydrogens is 478 g/mol. The minimum atomic E-state index is 0.0595. The maximum atomic E-state index is 13.3. The minimum Gasteiger partial charge on any atom is -0.496 e. The second-order valence-corrected chi connectivity index (χ2v) is 9.88. The zero-order chi connectivity index (χ0) is 25.1. The minimum absolute atomic E-state index is 0.0595. The molecule has 2 saturated heterocycles. The number of carbonyl (C=O) groups is 1. The third kappa shape index (κ3) is 5.21. The van der Waals surface area contributed by atoms with Gasteiger partial charge in [0.1, 0.15) is 17.4 Å². The van der Waals surface area contributed by atoms with Crippen LogP contribution in [-0.4, -0.2) is 84.8 Å². The highest BCUT2D eigenvalue weighted by atomic mass is 35.5. The number of rotatable bonds is 7. The van der Waals surface area contributed by atoms with Crippen LogP contribution in [0.25, 0.3) is 5.03 Å². The molecule has 0 radical (unpaired) electrons. The van der Waals surface area contributed by atoms with Crippen molar-refractivity contribution < 1.29 is 14.3 Å². The third-order valence-corrected chi connectivity index (χ3v) is 7.63. The molecule has 1 aromatic heterocycles. The van der Waals surface area contributed by atoms with E-state index in [-0.39, 0.29) is 5.91 Å². The van der Waals surface area contributed by atoms with E-state index in [9.17, 15) is 4.79 Å². The molecule has 1 aromatic carbocycles. The van der Waals surface area contributed by atoms with Gasteiger partial charge in [-0.2, -0.15) is 0 Å². The summed E-state index contributed by atoms with van der Waals surface area (Å²) in [6.07, 6.45) is 5.18. The topological polar surface area (TPSA) is 79.8 Å². The Morgan fingerprint density at radius 2 is 1.97 bits per heavy atom. The van der Waals surface area contributed by atoms with Gasteiger partial charge in [-0.3, -0.25) is 9.69 Å². The molecule has 2 fully saturated rings. The predicted molar refractivity (Wildman–Crippen MR) is 141 cm³/mol. The molecule has 3 heterocycles. The van der Waals surface area contributed by atoms with Crippen LogP contribution in [0.4, 0.5) is 5.82 Å². The van der Waals surface area contributed by atoms with Crippen LogP contribution in [-0.2, 0) is 17.6 Å². The first-order valence-corrected chi connectivity index (χ1v) is 13.2. The van der Waals surface area contributed by atoms with Gasteiger partial charge >= 0.3 is 0 Å². The van der Waals surface area contributed by atoms with Crippen molar-refractivity contribution in [3.8, 4) is 5.75 Å². The van der Waals surface area contributed by atoms with E-state index in [1.54, 1.807) is 7.11 Å². The van der Waals surface area contributed by atoms with Crippen LogP contribution in [0.15, 0.2) is 24.3 Å². The van der Waals surface area contributed by atoms with Crippen molar-refractivity contribution in [3.05, 3.63) is 52.5 Å². The number of halogens is 1. The average Bonchev–Trinajstić information content (AvgIpc) is 3.30. The van der Waals surface area contributed by atoms with Gasteiger partial charge in [-0.25, -0.2) is 9.97 Å². The second kappa shape index (κ2) is 11.2. The molecule has 0 spiro atoms. The standard InChI is InChI=1S/C27H34ClN5O3/c1-3-29-26-25-21(28)6-7-22(25)30-24(31-26)17-18-4-5-19(16-23(18)35-2)27(34)33-10-8-20(9-11-33)32-12-14-36-15-13-32/h4-6,16,20H,3,7-15,17H2,1-2H3,(H,29,30,31). The summed E-state index contributed by atoms with van der Waals surface area (Å²) in [4.78, 5) is 27.3. The van der Waals surface area contributed by atoms with Crippen molar-refractivity contribution in [3.63, 3.8) is 0 Å². The molecular formula is C27H34ClN5O3. The fourth-order valence-electron chi connectivity index (χ4n) is 5.37. The number of hydrogen-bond donors (Lipinski definition) is 1. The lowest BCUT2D eigenvalue weighted by molar-refractivity contribution is 0.00158. The number of nitrogens with one attached hydrogen (secondary N) is 1. The quantitative estimate of drug-likeness (QED) is 0.608. The first kappa shape index (κ1) is 25.0. The maximum absolute atomic E-state index is 13.3. The molecule has 3 aliphatic rings. The predicted octanol–water partition coefficient (Wildman–Crippen LogP) is 3.58. The van der Waals surface area contributed by atoms with Gasteiger partial charge in [0.2, 0.25) is 0 Å². The number of morpholine rings is 1. The van der Waals surface area contributed by atoms with Crippen LogP contribution in [0, 0.1) is 0 Å². The molecule has 2 aliphatic heterocycles. The Morgan fingerprint density at radius 3 is 2.69 bits per heavy atom. The van der Waals surface area contributed by atoms with E-state index >= 15 is 0 Å². The molecule has 0 unspecified atom stereocenters. The van der Waals surface area contributed by atoms with E-state index < -0.39 is 0 Å². The summed E-state index contributed by atoms with van der Waals surface area (Å²) < 4.78 is 11.2. The van der Waals surface area contributed by atoms with Gasteiger partial charge in [0.05, 0.1) is 31.6 Å². The van der Waals surface area contributed by atoms with Crippen molar-refractivity contribution in [2.24, 2.45) is 0 Å². The molecule has 0 saturated carbocycles. The molecule has 36 heavy (non-hydrogen) atoms. The zero-order valence-electron chi connectivity index (χ0n) is 21.1. The molecule has 1 N–H and O–H groups in total. The lowest BCUT2D eigenvalue weighted by atomic mass is 10.0. The van der Waals surface area contributed by atoms with Gasteiger partial charge < -0.3 is 19.7 Å². The SMILES string of the molecule is CCNc1nc(Cc2ccc(C(=O)N3CCC(N4CCOCC4)CC3)cc2OC)nc2c1C(Cl)=CC2. The average molecular weight is 512 g/mol. The number of nitrogens with zero attached hydrogens (tertiary/aromatic N) is 4. The Bertz CT molecular complexity index is 1140. The molecule has 5 rings (SSSR count). The largest absolute Gasteiger partial charge is 0.496 e. The number of aromatic nitrogens is 2. The summed E-state index contributed by atoms with van der Waals surface area (Å²) in [5.74, 6) is 2.20. The third-order valence-electron chi connectivity index (χ3n) is 7.28. The van der Waals surface area contributed by atoms with Gasteiger partial charge in [-0.15, -0.1) is 0 Å². The molecule has 9 heteroatoms. The lowest BCUT2D eigenvalue weighted by Crippen LogP contribution is -2.50. The van der Waals surface area contributed by atoms with Gasteiger partial charge in [0, 0.05) is 67.8 Å². The summed E-state index contributed by atoms with van der Waals surface area (Å²) in [6, 6.07) is 6.24. The Morgan fingerprint density at radius 1 is 1.19 bits per heavy atom. The number of anilines is 1. The van der Waals surface area contributed by atoms with Crippen molar-refractivity contribution in [1.29, 1.82) is 0 Å². The number of carbonyl (C=O) groups excluding carboxylic acids is 1. The molecule has 2 aromatic rings. The summed E-state index contributed by atoms with van der Waals surface area (Å²) >= 11 is 6.38. The van der Waals surface area contributed by atoms with E-state index in [0.29, 0.717) is 41.1 Å². The fourth-order valence-corrected chi connectivity index (χ4v) is 5.65. The van der Waals surface area contributed by atoms with Crippen molar-refractivity contribution in [2.75, 3.05) is 58.4 Å². The van der Waals surface area contributed by atoms with E-state index in [1.165, 1.54) is 0 Å². The Balaban J connectivity index is 1.28. The number of benzene rings is 1. The lowest BCUT2D eigenvalue weighted by Gasteiger charge is -2.40. The second-order valence-electron chi connectivity index (χ2n) is 9.47. The van der Waals surface area contributed by atoms with Gasteiger partial charge in [0.15, 0.2) is 0 Å². The van der Waals surface area contributed by atoms with Crippen LogP contribution in [0.1, 0.15) is 52.8 Å². The first-order valence-electron chi connectivity index (χ1n) is 12.8. The first-order chi connectivity index (χ1) is 17.6. The van der Waals surface area contributed by atoms with Crippen molar-refractivity contribution >= 4 is 28.4 Å². The summed E-state index contributed by atoms with van der Waals surface area (Å²) in [5.41, 5.74) is 3.43. The van der Waals surface area contributed by atoms with Crippen LogP contribution in [0.5, 0.6) is 5.75 Å². The molecule has 8 nitrogen and oxygen atoms in total. The van der Waals surface area contributed by atoms with Crippen LogP contribution >= 0.6 is 11.6 Å². The number of hydrogen-bond acceptors (Lipinski definition) is 7. The number of allylic oxidation sites excluding steroid dienone is 1. The zero-order valence-corrected chi connectivity index (χ0v) is 21.8. The molecule has 1 aliphatic carbocycles. The van der Waals surface area contributed by atoms with E-state index in [4.69, 9.17) is 31.0 Å². The number of fused-ring (bicyclic) bond motifs is 1. The van der Waals surface area contributed by atoms with Crippen LogP contribution in [0.3, 0.4) is 0 Å². The van der Waals surface area contributed by atoms with Gasteiger partial charge in [-0.1, -0.05) is 23.7 Å². The number of amides is 1. The molecule has 192 valence electrons. The Kier molecular flexibility index (Phi) is 7.74. The van der Waals surface area contributed by atoms with Crippen LogP contribution in [0.2, 0.25) is 0 Å². The van der Waals surface area contributed by atoms with Crippen molar-refractivity contribution in [2.45, 2.75) is 38.6 Å². The Hall–Kier alpha value is -2.68. The molecule has 0 atom stereocenters. The molecule has 1 amide bonds. The Labute approximate surface area is 217 Å². The van der Waals surface area contributed by atoms with Gasteiger partial charge in [0.25, 0.3) is 5.91 Å². The maximum Gasteiger partial charge on any atom is 0.253 e. The fraction of sp³-hybridized carbons (Fsp3) is 0.519. The van der Waals surface area contributed by atoms with Gasteiger partial charge in [-0.05, 0) is 31.9 Å². The normalized spacial score (nSPS) is 18.6. The van der Waals surface area contributed by atoms with E-state index in [0.717, 1.165) is 81.4 Å². The summed E-state index contributed by atoms with van der Waals surface area (Å²) in [5, 5.41) is 4.01. The highest BCUT2D eigenvalue weighted by Crippen LogP contribution is 2.35. The smallest absolute Gasteiger partial charge is 0.253 e. The monoisotopic (exact) mass is 511 g/mol. The number of methoxy groups -OCH3 is 1. The number of likely N-dealkylation sites (tertiary alicyclic amines) is 1.